The van der Waals surface area contributed by atoms with Gasteiger partial charge < -0.3 is 24.4 Å². The number of H-pyrrole nitrogens is 1. The van der Waals surface area contributed by atoms with Gasteiger partial charge in [-0.2, -0.15) is 0 Å². The van der Waals surface area contributed by atoms with Crippen molar-refractivity contribution in [3.63, 3.8) is 0 Å². The normalized spacial score (nSPS) is 23.0. The molecule has 6 rings (SSSR count). The molecule has 1 aromatic heterocycles. The largest absolute Gasteiger partial charge is 0.370 e. The molecule has 0 radical (unpaired) electrons. The molecule has 35 heavy (non-hydrogen) atoms. The Balaban J connectivity index is 1.31. The Kier molecular flexibility index (Phi) is 6.00. The highest BCUT2D eigenvalue weighted by Gasteiger charge is 2.48. The van der Waals surface area contributed by atoms with E-state index in [9.17, 15) is 9.59 Å². The summed E-state index contributed by atoms with van der Waals surface area (Å²) in [4.78, 5) is 36.0. The molecular weight excluding hydrogens is 464 g/mol. The van der Waals surface area contributed by atoms with Crippen LogP contribution in [0.1, 0.15) is 29.3 Å². The third-order valence-electron chi connectivity index (χ3n) is 7.69. The summed E-state index contributed by atoms with van der Waals surface area (Å²) in [5.41, 5.74) is 4.11. The van der Waals surface area contributed by atoms with Crippen LogP contribution < -0.4 is 4.90 Å². The van der Waals surface area contributed by atoms with Gasteiger partial charge in [-0.05, 0) is 29.3 Å². The zero-order chi connectivity index (χ0) is 23.9. The summed E-state index contributed by atoms with van der Waals surface area (Å²) in [6.45, 7) is 5.36. The Hall–Kier alpha value is -2.87. The number of aromatic amines is 1. The first kappa shape index (κ1) is 22.6. The highest BCUT2D eigenvalue weighted by Crippen LogP contribution is 2.42. The number of amides is 2. The fourth-order valence-electron chi connectivity index (χ4n) is 5.93. The summed E-state index contributed by atoms with van der Waals surface area (Å²) in [6.07, 6.45) is 1.42. The average Bonchev–Trinajstić information content (AvgIpc) is 3.25. The molecule has 0 unspecified atom stereocenters. The maximum absolute atomic E-state index is 13.8. The van der Waals surface area contributed by atoms with Crippen molar-refractivity contribution in [1.82, 2.24) is 14.8 Å². The lowest BCUT2D eigenvalue weighted by Crippen LogP contribution is -3.14. The van der Waals surface area contributed by atoms with Crippen LogP contribution in [0.25, 0.3) is 10.9 Å². The molecule has 182 valence electrons. The topological polar surface area (TPSA) is 70.1 Å². The number of rotatable bonds is 5. The zero-order valence-corrected chi connectivity index (χ0v) is 20.4. The minimum Gasteiger partial charge on any atom is -0.370 e. The molecule has 3 aliphatic rings. The molecular formula is C27H30ClN4O3+. The van der Waals surface area contributed by atoms with E-state index in [-0.39, 0.29) is 24.4 Å². The monoisotopic (exact) mass is 493 g/mol. The summed E-state index contributed by atoms with van der Waals surface area (Å²) in [5.74, 6) is 0.0500. The second kappa shape index (κ2) is 9.30. The smallest absolute Gasteiger partial charge is 0.246 e. The summed E-state index contributed by atoms with van der Waals surface area (Å²) in [5, 5.41) is 1.77. The van der Waals surface area contributed by atoms with Crippen LogP contribution in [0.2, 0.25) is 5.02 Å². The van der Waals surface area contributed by atoms with E-state index in [2.05, 4.69) is 17.1 Å². The van der Waals surface area contributed by atoms with Gasteiger partial charge in [0.05, 0.1) is 32.3 Å². The first-order valence-corrected chi connectivity index (χ1v) is 12.8. The number of halogens is 1. The third-order valence-corrected chi connectivity index (χ3v) is 7.94. The molecule has 2 saturated heterocycles. The fourth-order valence-corrected chi connectivity index (χ4v) is 6.06. The molecule has 2 atom stereocenters. The zero-order valence-electron chi connectivity index (χ0n) is 19.6. The fraction of sp³-hybridized carbons (Fsp3) is 0.407. The number of nitrogens with zero attached hydrogens (tertiary/aromatic N) is 2. The molecule has 2 aromatic carbocycles. The van der Waals surface area contributed by atoms with Crippen LogP contribution in [0.5, 0.6) is 0 Å². The number of ether oxygens (including phenoxy) is 1. The Morgan fingerprint density at radius 2 is 1.83 bits per heavy atom. The van der Waals surface area contributed by atoms with E-state index in [0.29, 0.717) is 18.0 Å². The van der Waals surface area contributed by atoms with Gasteiger partial charge in [0.2, 0.25) is 11.8 Å². The molecule has 2 amide bonds. The molecule has 0 aliphatic carbocycles. The van der Waals surface area contributed by atoms with Crippen LogP contribution >= 0.6 is 11.6 Å². The van der Waals surface area contributed by atoms with Crippen LogP contribution in [0.3, 0.4) is 0 Å². The highest BCUT2D eigenvalue weighted by molar-refractivity contribution is 6.30. The summed E-state index contributed by atoms with van der Waals surface area (Å²) < 4.78 is 5.45. The number of benzene rings is 2. The van der Waals surface area contributed by atoms with Crippen LogP contribution in [-0.4, -0.2) is 78.6 Å². The van der Waals surface area contributed by atoms with E-state index < -0.39 is 6.04 Å². The van der Waals surface area contributed by atoms with E-state index >= 15 is 0 Å². The van der Waals surface area contributed by atoms with Gasteiger partial charge in [-0.25, -0.2) is 0 Å². The molecule has 4 heterocycles. The molecule has 8 heteroatoms. The van der Waals surface area contributed by atoms with Crippen molar-refractivity contribution in [1.29, 1.82) is 0 Å². The molecule has 2 N–H and O–H groups in total. The van der Waals surface area contributed by atoms with Gasteiger partial charge in [0.25, 0.3) is 0 Å². The number of piperazine rings is 1. The molecule has 2 fully saturated rings. The minimum atomic E-state index is -0.501. The van der Waals surface area contributed by atoms with Crippen molar-refractivity contribution in [3.05, 3.63) is 70.4 Å². The van der Waals surface area contributed by atoms with Gasteiger partial charge in [-0.3, -0.25) is 9.59 Å². The Labute approximate surface area is 209 Å². The van der Waals surface area contributed by atoms with Crippen molar-refractivity contribution in [2.45, 2.75) is 24.9 Å². The van der Waals surface area contributed by atoms with Crippen molar-refractivity contribution < 1.29 is 19.2 Å². The lowest BCUT2D eigenvalue weighted by molar-refractivity contribution is -0.908. The predicted molar refractivity (Wildman–Crippen MR) is 134 cm³/mol. The molecule has 0 saturated carbocycles. The lowest BCUT2D eigenvalue weighted by atomic mass is 9.86. The van der Waals surface area contributed by atoms with Gasteiger partial charge in [-0.1, -0.05) is 41.9 Å². The SMILES string of the molecule is O=C1[C@H]2Cc3c([nH]c4ccccc34)[C@H](c3ccc(Cl)cc3)N2C(=O)CN1CCC[NH+]1CCOCC1. The summed E-state index contributed by atoms with van der Waals surface area (Å²) >= 11 is 6.17. The standard InChI is InChI=1S/C27H29ClN4O3/c28-19-8-6-18(7-9-19)26-25-21(20-4-1-2-5-22(20)29-25)16-23-27(34)31(17-24(33)32(23)26)11-3-10-30-12-14-35-15-13-30/h1-2,4-9,23,26,29H,3,10-17H2/p+1/t23-,26+/m1/s1. The second-order valence-corrected chi connectivity index (χ2v) is 10.2. The highest BCUT2D eigenvalue weighted by atomic mass is 35.5. The molecule has 3 aromatic rings. The first-order valence-electron chi connectivity index (χ1n) is 12.5. The number of hydrogen-bond donors (Lipinski definition) is 2. The van der Waals surface area contributed by atoms with Gasteiger partial charge >= 0.3 is 0 Å². The first-order chi connectivity index (χ1) is 17.1. The number of fused-ring (bicyclic) bond motifs is 4. The number of quaternary nitrogens is 1. The Morgan fingerprint density at radius 1 is 1.06 bits per heavy atom. The van der Waals surface area contributed by atoms with Gasteiger partial charge in [0, 0.05) is 41.0 Å². The van der Waals surface area contributed by atoms with Gasteiger partial charge in [-0.15, -0.1) is 0 Å². The number of para-hydroxylation sites is 1. The lowest BCUT2D eigenvalue weighted by Gasteiger charge is -2.47. The maximum Gasteiger partial charge on any atom is 0.246 e. The van der Waals surface area contributed by atoms with E-state index in [1.165, 1.54) is 4.90 Å². The average molecular weight is 494 g/mol. The number of hydrogen-bond acceptors (Lipinski definition) is 3. The van der Waals surface area contributed by atoms with E-state index in [1.54, 1.807) is 4.90 Å². The number of nitrogens with one attached hydrogen (secondary N) is 2. The van der Waals surface area contributed by atoms with Crippen LogP contribution in [-0.2, 0) is 20.7 Å². The number of carbonyl (C=O) groups is 2. The van der Waals surface area contributed by atoms with Crippen LogP contribution in [0.15, 0.2) is 48.5 Å². The quantitative estimate of drug-likeness (QED) is 0.569. The van der Waals surface area contributed by atoms with Crippen LogP contribution in [0, 0.1) is 0 Å². The molecule has 0 spiro atoms. The number of aromatic nitrogens is 1. The summed E-state index contributed by atoms with van der Waals surface area (Å²) in [6, 6.07) is 14.9. The Bertz CT molecular complexity index is 1250. The minimum absolute atomic E-state index is 0.00224. The second-order valence-electron chi connectivity index (χ2n) is 9.76. The number of morpholine rings is 1. The summed E-state index contributed by atoms with van der Waals surface area (Å²) in [7, 11) is 0. The van der Waals surface area contributed by atoms with Crippen molar-refractivity contribution in [2.24, 2.45) is 0 Å². The van der Waals surface area contributed by atoms with E-state index in [0.717, 1.165) is 67.0 Å². The Morgan fingerprint density at radius 3 is 2.63 bits per heavy atom. The van der Waals surface area contributed by atoms with Gasteiger partial charge in [0.15, 0.2) is 0 Å². The van der Waals surface area contributed by atoms with Crippen LogP contribution in [0.4, 0.5) is 0 Å². The van der Waals surface area contributed by atoms with Crippen molar-refractivity contribution >= 4 is 34.3 Å². The molecule has 3 aliphatic heterocycles. The van der Waals surface area contributed by atoms with E-state index in [4.69, 9.17) is 16.3 Å². The van der Waals surface area contributed by atoms with Crippen molar-refractivity contribution in [3.8, 4) is 0 Å². The van der Waals surface area contributed by atoms with Gasteiger partial charge in [0.1, 0.15) is 19.1 Å². The predicted octanol–water partition coefficient (Wildman–Crippen LogP) is 1.81. The van der Waals surface area contributed by atoms with E-state index in [1.807, 2.05) is 41.3 Å². The number of carbonyl (C=O) groups excluding carboxylic acids is 2. The maximum atomic E-state index is 13.8. The molecule has 7 nitrogen and oxygen atoms in total. The van der Waals surface area contributed by atoms with Crippen molar-refractivity contribution in [2.75, 3.05) is 45.9 Å². The third kappa shape index (κ3) is 4.11. The molecule has 0 bridgehead atoms.